The minimum atomic E-state index is 0.696. The van der Waals surface area contributed by atoms with Crippen molar-refractivity contribution in [3.63, 3.8) is 0 Å². The van der Waals surface area contributed by atoms with Crippen molar-refractivity contribution in [1.82, 2.24) is 14.8 Å². The minimum absolute atomic E-state index is 0.696. The largest absolute Gasteiger partial charge is 0.265 e. The molecule has 2 heterocycles. The van der Waals surface area contributed by atoms with Gasteiger partial charge >= 0.3 is 0 Å². The average molecular weight is 297 g/mol. The van der Waals surface area contributed by atoms with E-state index in [-0.39, 0.29) is 0 Å². The highest BCUT2D eigenvalue weighted by Crippen LogP contribution is 2.14. The van der Waals surface area contributed by atoms with Crippen LogP contribution < -0.4 is 10.6 Å². The van der Waals surface area contributed by atoms with Gasteiger partial charge in [0.2, 0.25) is 0 Å². The first-order valence-electron chi connectivity index (χ1n) is 8.29. The van der Waals surface area contributed by atoms with Crippen LogP contribution in [0.1, 0.15) is 52.0 Å². The first-order chi connectivity index (χ1) is 10.7. The van der Waals surface area contributed by atoms with Gasteiger partial charge in [-0.25, -0.2) is 0 Å². The van der Waals surface area contributed by atoms with E-state index in [0.29, 0.717) is 5.92 Å². The fourth-order valence-corrected chi connectivity index (χ4v) is 3.01. The van der Waals surface area contributed by atoms with Crippen LogP contribution in [-0.4, -0.2) is 14.8 Å². The van der Waals surface area contributed by atoms with Crippen molar-refractivity contribution in [3.05, 3.63) is 46.9 Å². The Balaban J connectivity index is 2.31. The molecule has 0 saturated carbocycles. The van der Waals surface area contributed by atoms with Crippen molar-refractivity contribution in [2.45, 2.75) is 53.0 Å². The zero-order valence-corrected chi connectivity index (χ0v) is 14.0. The van der Waals surface area contributed by atoms with Crippen LogP contribution in [0.25, 0.3) is 12.2 Å². The van der Waals surface area contributed by atoms with E-state index >= 15 is 0 Å². The molecule has 0 amide bonds. The van der Waals surface area contributed by atoms with Gasteiger partial charge in [-0.05, 0) is 42.9 Å². The molecule has 0 bridgehead atoms. The number of hydrogen-bond donors (Lipinski definition) is 0. The molecule has 118 valence electrons. The van der Waals surface area contributed by atoms with Crippen molar-refractivity contribution in [2.24, 2.45) is 5.92 Å². The normalized spacial score (nSPS) is 12.7. The van der Waals surface area contributed by atoms with Gasteiger partial charge in [0.1, 0.15) is 0 Å². The Morgan fingerprint density at radius 3 is 2.55 bits per heavy atom. The summed E-state index contributed by atoms with van der Waals surface area (Å²) in [5.74, 6) is 0.696. The van der Waals surface area contributed by atoms with Gasteiger partial charge in [-0.15, -0.1) is 0 Å². The second-order valence-corrected chi connectivity index (χ2v) is 6.00. The van der Waals surface area contributed by atoms with Crippen molar-refractivity contribution in [3.8, 4) is 0 Å². The van der Waals surface area contributed by atoms with Crippen molar-refractivity contribution >= 4 is 12.2 Å². The third-order valence-corrected chi connectivity index (χ3v) is 4.27. The average Bonchev–Trinajstić information content (AvgIpc) is 2.89. The number of rotatable bonds is 7. The van der Waals surface area contributed by atoms with E-state index in [4.69, 9.17) is 0 Å². The van der Waals surface area contributed by atoms with Gasteiger partial charge in [-0.2, -0.15) is 5.10 Å². The quantitative estimate of drug-likeness (QED) is 0.786. The molecule has 0 aliphatic rings. The van der Waals surface area contributed by atoms with E-state index in [2.05, 4.69) is 48.2 Å². The summed E-state index contributed by atoms with van der Waals surface area (Å²) in [6.45, 7) is 11.9. The van der Waals surface area contributed by atoms with Gasteiger partial charge in [0.15, 0.2) is 0 Å². The molecule has 0 spiro atoms. The molecule has 3 heteroatoms. The summed E-state index contributed by atoms with van der Waals surface area (Å²) >= 11 is 0. The van der Waals surface area contributed by atoms with E-state index in [1.807, 2.05) is 18.5 Å². The van der Waals surface area contributed by atoms with Crippen LogP contribution in [0.2, 0.25) is 0 Å². The molecule has 0 aliphatic heterocycles. The zero-order chi connectivity index (χ0) is 15.9. The zero-order valence-electron chi connectivity index (χ0n) is 14.0. The molecule has 0 aliphatic carbocycles. The molecular weight excluding hydrogens is 270 g/mol. The number of pyridine rings is 1. The third-order valence-electron chi connectivity index (χ3n) is 4.27. The number of aromatic nitrogens is 3. The highest BCUT2D eigenvalue weighted by Gasteiger charge is 2.09. The summed E-state index contributed by atoms with van der Waals surface area (Å²) in [5.41, 5.74) is 2.32. The minimum Gasteiger partial charge on any atom is -0.265 e. The molecule has 0 atom stereocenters. The smallest absolute Gasteiger partial charge is 0.0613 e. The molecule has 0 radical (unpaired) electrons. The molecule has 3 nitrogen and oxygen atoms in total. The summed E-state index contributed by atoms with van der Waals surface area (Å²) in [6.07, 6.45) is 10.6. The lowest BCUT2D eigenvalue weighted by molar-refractivity contribution is 0.359. The van der Waals surface area contributed by atoms with Crippen LogP contribution in [0.4, 0.5) is 0 Å². The fraction of sp³-hybridized carbons (Fsp3) is 0.474. The molecule has 2 rings (SSSR count). The number of nitrogens with zero attached hydrogens (tertiary/aromatic N) is 3. The van der Waals surface area contributed by atoms with Gasteiger partial charge < -0.3 is 0 Å². The van der Waals surface area contributed by atoms with Crippen molar-refractivity contribution in [2.75, 3.05) is 0 Å². The Morgan fingerprint density at radius 2 is 1.95 bits per heavy atom. The molecule has 22 heavy (non-hydrogen) atoms. The maximum atomic E-state index is 4.58. The van der Waals surface area contributed by atoms with Crippen LogP contribution in [0, 0.1) is 5.92 Å². The second kappa shape index (κ2) is 7.92. The Morgan fingerprint density at radius 1 is 1.23 bits per heavy atom. The Bertz CT molecular complexity index is 679. The summed E-state index contributed by atoms with van der Waals surface area (Å²) in [6, 6.07) is 4.04. The van der Waals surface area contributed by atoms with E-state index < -0.39 is 0 Å². The SMILES string of the molecule is C=c1/c(=C(\C)c2cccnc2)cnn1CC(CCC)CCC. The van der Waals surface area contributed by atoms with Gasteiger partial charge in [-0.3, -0.25) is 9.67 Å². The number of hydrogen-bond acceptors (Lipinski definition) is 2. The van der Waals surface area contributed by atoms with Crippen LogP contribution in [0.3, 0.4) is 0 Å². The molecule has 0 unspecified atom stereocenters. The fourth-order valence-electron chi connectivity index (χ4n) is 3.01. The third kappa shape index (κ3) is 3.85. The summed E-state index contributed by atoms with van der Waals surface area (Å²) < 4.78 is 2.07. The maximum Gasteiger partial charge on any atom is 0.0613 e. The topological polar surface area (TPSA) is 30.7 Å². The first-order valence-corrected chi connectivity index (χ1v) is 8.29. The lowest BCUT2D eigenvalue weighted by Gasteiger charge is -2.15. The van der Waals surface area contributed by atoms with Gasteiger partial charge in [0.25, 0.3) is 0 Å². The Labute approximate surface area is 133 Å². The van der Waals surface area contributed by atoms with Gasteiger partial charge in [0, 0.05) is 24.2 Å². The standard InChI is InChI=1S/C19H27N3/c1-5-8-17(9-6-2)14-22-16(4)19(13-21-22)15(3)18-10-7-11-20-12-18/h7,10-13,17H,4-6,8-9,14H2,1-3H3/b19-15+. The molecule has 2 aromatic rings. The van der Waals surface area contributed by atoms with E-state index in [9.17, 15) is 0 Å². The van der Waals surface area contributed by atoms with Gasteiger partial charge in [-0.1, -0.05) is 39.3 Å². The van der Waals surface area contributed by atoms with Crippen LogP contribution in [0.15, 0.2) is 30.7 Å². The second-order valence-electron chi connectivity index (χ2n) is 6.00. The molecule has 0 aromatic carbocycles. The van der Waals surface area contributed by atoms with E-state index in [1.54, 1.807) is 6.20 Å². The lowest BCUT2D eigenvalue weighted by Crippen LogP contribution is -2.31. The predicted molar refractivity (Wildman–Crippen MR) is 92.7 cm³/mol. The van der Waals surface area contributed by atoms with Crippen molar-refractivity contribution in [1.29, 1.82) is 0 Å². The summed E-state index contributed by atoms with van der Waals surface area (Å²) in [7, 11) is 0. The Hall–Kier alpha value is -1.90. The van der Waals surface area contributed by atoms with Gasteiger partial charge in [0.05, 0.1) is 11.5 Å². The first kappa shape index (κ1) is 16.5. The predicted octanol–water partition coefficient (Wildman–Crippen LogP) is 3.12. The molecule has 2 aromatic heterocycles. The lowest BCUT2D eigenvalue weighted by atomic mass is 9.98. The highest BCUT2D eigenvalue weighted by atomic mass is 15.3. The van der Waals surface area contributed by atoms with Crippen LogP contribution in [0.5, 0.6) is 0 Å². The van der Waals surface area contributed by atoms with Crippen LogP contribution >= 0.6 is 0 Å². The summed E-state index contributed by atoms with van der Waals surface area (Å²) in [5, 5.41) is 6.72. The van der Waals surface area contributed by atoms with Crippen LogP contribution in [-0.2, 0) is 6.54 Å². The maximum absolute atomic E-state index is 4.58. The van der Waals surface area contributed by atoms with Crippen molar-refractivity contribution < 1.29 is 0 Å². The Kier molecular flexibility index (Phi) is 5.93. The molecule has 0 saturated heterocycles. The van der Waals surface area contributed by atoms with E-state index in [1.165, 1.54) is 31.3 Å². The molecular formula is C19H27N3. The monoisotopic (exact) mass is 297 g/mol. The molecule has 0 N–H and O–H groups in total. The highest BCUT2D eigenvalue weighted by molar-refractivity contribution is 5.62. The molecule has 0 fully saturated rings. The summed E-state index contributed by atoms with van der Waals surface area (Å²) in [4.78, 5) is 4.20. The van der Waals surface area contributed by atoms with E-state index in [0.717, 1.165) is 22.7 Å².